The molecule has 30 heavy (non-hydrogen) atoms. The topological polar surface area (TPSA) is 68.3 Å². The van der Waals surface area contributed by atoms with Crippen LogP contribution in [0.15, 0.2) is 42.5 Å². The lowest BCUT2D eigenvalue weighted by molar-refractivity contribution is -0.141. The maximum absolute atomic E-state index is 12.9. The summed E-state index contributed by atoms with van der Waals surface area (Å²) in [6.07, 6.45) is -1.65. The Bertz CT molecular complexity index is 1120. The number of aromatic nitrogens is 1. The first kappa shape index (κ1) is 21.5. The highest BCUT2D eigenvalue weighted by Crippen LogP contribution is 2.34. The third-order valence-corrected chi connectivity index (χ3v) is 5.37. The van der Waals surface area contributed by atoms with Crippen molar-refractivity contribution in [3.8, 4) is 0 Å². The Morgan fingerprint density at radius 2 is 1.87 bits per heavy atom. The van der Waals surface area contributed by atoms with E-state index in [1.807, 2.05) is 0 Å². The summed E-state index contributed by atoms with van der Waals surface area (Å²) in [5.74, 6) is -0.878. The number of carbonyl (C=O) groups excluding carboxylic acids is 2. The van der Waals surface area contributed by atoms with Crippen molar-refractivity contribution in [2.24, 2.45) is 0 Å². The number of hydrogen-bond donors (Lipinski definition) is 1. The quantitative estimate of drug-likeness (QED) is 0.428. The predicted octanol–water partition coefficient (Wildman–Crippen LogP) is 5.45. The van der Waals surface area contributed by atoms with Crippen molar-refractivity contribution in [2.75, 3.05) is 11.9 Å². The van der Waals surface area contributed by atoms with E-state index >= 15 is 0 Å². The fourth-order valence-corrected chi connectivity index (χ4v) is 3.77. The highest BCUT2D eigenvalue weighted by molar-refractivity contribution is 7.20. The number of halogens is 3. The Morgan fingerprint density at radius 3 is 2.50 bits per heavy atom. The van der Waals surface area contributed by atoms with Gasteiger partial charge in [-0.05, 0) is 55.3 Å². The first-order valence-electron chi connectivity index (χ1n) is 8.92. The minimum atomic E-state index is -4.54. The van der Waals surface area contributed by atoms with Gasteiger partial charge in [0.2, 0.25) is 0 Å². The molecule has 0 aliphatic rings. The van der Waals surface area contributed by atoms with Gasteiger partial charge in [-0.3, -0.25) is 4.79 Å². The molecule has 0 bridgehead atoms. The van der Waals surface area contributed by atoms with Gasteiger partial charge < -0.3 is 10.1 Å². The number of rotatable bonds is 5. The maximum Gasteiger partial charge on any atom is 0.433 e. The molecule has 0 saturated carbocycles. The number of ether oxygens (including phenoxy) is 1. The van der Waals surface area contributed by atoms with Crippen molar-refractivity contribution in [3.05, 3.63) is 64.2 Å². The van der Waals surface area contributed by atoms with E-state index in [9.17, 15) is 22.8 Å². The zero-order valence-electron chi connectivity index (χ0n) is 16.0. The molecule has 0 fully saturated rings. The Hall–Kier alpha value is -3.20. The number of nitrogens with zero attached hydrogens (tertiary/aromatic N) is 1. The normalized spacial score (nSPS) is 11.8. The molecule has 2 heterocycles. The minimum Gasteiger partial charge on any atom is -0.463 e. The van der Waals surface area contributed by atoms with Crippen molar-refractivity contribution in [3.63, 3.8) is 0 Å². The van der Waals surface area contributed by atoms with Gasteiger partial charge in [-0.25, -0.2) is 9.78 Å². The number of fused-ring (bicyclic) bond motifs is 1. The van der Waals surface area contributed by atoms with Crippen LogP contribution in [0.25, 0.3) is 16.3 Å². The molecule has 0 radical (unpaired) electrons. The molecule has 1 amide bonds. The summed E-state index contributed by atoms with van der Waals surface area (Å²) in [5.41, 5.74) is 0.828. The predicted molar refractivity (Wildman–Crippen MR) is 109 cm³/mol. The number of alkyl halides is 3. The van der Waals surface area contributed by atoms with Gasteiger partial charge in [0.1, 0.15) is 10.5 Å². The van der Waals surface area contributed by atoms with Gasteiger partial charge in [0.25, 0.3) is 5.91 Å². The van der Waals surface area contributed by atoms with Crippen LogP contribution in [0.2, 0.25) is 0 Å². The lowest BCUT2D eigenvalue weighted by Crippen LogP contribution is -2.11. The van der Waals surface area contributed by atoms with E-state index in [0.717, 1.165) is 23.0 Å². The lowest BCUT2D eigenvalue weighted by atomic mass is 10.1. The van der Waals surface area contributed by atoms with E-state index in [1.165, 1.54) is 12.1 Å². The molecule has 0 spiro atoms. The number of benzene rings is 1. The molecule has 3 rings (SSSR count). The molecular weight excluding hydrogens is 417 g/mol. The molecule has 9 heteroatoms. The van der Waals surface area contributed by atoms with Crippen LogP contribution in [0.1, 0.15) is 33.4 Å². The number of esters is 1. The van der Waals surface area contributed by atoms with E-state index < -0.39 is 23.7 Å². The van der Waals surface area contributed by atoms with Gasteiger partial charge in [-0.15, -0.1) is 11.3 Å². The Labute approximate surface area is 174 Å². The number of carbonyl (C=O) groups is 2. The van der Waals surface area contributed by atoms with Crippen LogP contribution >= 0.6 is 11.3 Å². The lowest BCUT2D eigenvalue weighted by Gasteiger charge is -2.05. The molecule has 2 aromatic heterocycles. The van der Waals surface area contributed by atoms with E-state index in [0.29, 0.717) is 28.1 Å². The zero-order chi connectivity index (χ0) is 21.9. The van der Waals surface area contributed by atoms with Crippen LogP contribution in [-0.4, -0.2) is 23.5 Å². The van der Waals surface area contributed by atoms with Gasteiger partial charge in [0.05, 0.1) is 11.5 Å². The molecule has 156 valence electrons. The van der Waals surface area contributed by atoms with Gasteiger partial charge in [-0.2, -0.15) is 13.2 Å². The first-order chi connectivity index (χ1) is 14.2. The Kier molecular flexibility index (Phi) is 6.21. The molecule has 3 aromatic rings. The van der Waals surface area contributed by atoms with Crippen LogP contribution in [0.4, 0.5) is 18.9 Å². The molecule has 0 aliphatic heterocycles. The zero-order valence-corrected chi connectivity index (χ0v) is 16.9. The maximum atomic E-state index is 12.9. The second-order valence-corrected chi connectivity index (χ2v) is 7.26. The third kappa shape index (κ3) is 4.85. The van der Waals surface area contributed by atoms with E-state index in [4.69, 9.17) is 4.74 Å². The van der Waals surface area contributed by atoms with Crippen LogP contribution in [0, 0.1) is 6.92 Å². The summed E-state index contributed by atoms with van der Waals surface area (Å²) in [6.45, 7) is 3.68. The summed E-state index contributed by atoms with van der Waals surface area (Å²) in [6, 6.07) is 8.97. The summed E-state index contributed by atoms with van der Waals surface area (Å²) in [7, 11) is 0. The first-order valence-corrected chi connectivity index (χ1v) is 9.74. The minimum absolute atomic E-state index is 0.159. The van der Waals surface area contributed by atoms with E-state index in [1.54, 1.807) is 44.2 Å². The molecule has 0 unspecified atom stereocenters. The summed E-state index contributed by atoms with van der Waals surface area (Å²) < 4.78 is 43.4. The average molecular weight is 434 g/mol. The third-order valence-electron chi connectivity index (χ3n) is 4.17. The number of amides is 1. The van der Waals surface area contributed by atoms with Crippen LogP contribution in [-0.2, 0) is 15.7 Å². The number of hydrogen-bond acceptors (Lipinski definition) is 5. The van der Waals surface area contributed by atoms with Crippen molar-refractivity contribution in [1.29, 1.82) is 0 Å². The summed E-state index contributed by atoms with van der Waals surface area (Å²) in [4.78, 5) is 28.1. The monoisotopic (exact) mass is 434 g/mol. The fourth-order valence-electron chi connectivity index (χ4n) is 2.69. The average Bonchev–Trinajstić information content (AvgIpc) is 3.03. The van der Waals surface area contributed by atoms with Crippen molar-refractivity contribution in [1.82, 2.24) is 4.98 Å². The van der Waals surface area contributed by atoms with Gasteiger partial charge in [0, 0.05) is 17.1 Å². The fraction of sp³-hybridized carbons (Fsp3) is 0.190. The smallest absolute Gasteiger partial charge is 0.433 e. The Balaban J connectivity index is 1.76. The number of pyridine rings is 1. The molecule has 0 atom stereocenters. The molecule has 1 aromatic carbocycles. The standard InChI is InChI=1S/C21H17F3N2O3S/c1-3-29-17(27)11-6-13-4-7-14(8-5-13)25-19(28)18-12(2)15-9-10-16(21(22,23)24)26-20(15)30-18/h4-11H,3H2,1-2H3,(H,25,28)/b11-6+. The van der Waals surface area contributed by atoms with Crippen molar-refractivity contribution in [2.45, 2.75) is 20.0 Å². The van der Waals surface area contributed by atoms with Crippen molar-refractivity contribution < 1.29 is 27.5 Å². The van der Waals surface area contributed by atoms with Crippen LogP contribution in [0.3, 0.4) is 0 Å². The van der Waals surface area contributed by atoms with Crippen LogP contribution in [0.5, 0.6) is 0 Å². The molecule has 0 saturated heterocycles. The van der Waals surface area contributed by atoms with Gasteiger partial charge in [0.15, 0.2) is 0 Å². The second-order valence-electron chi connectivity index (χ2n) is 6.26. The molecular formula is C21H17F3N2O3S. The number of nitrogens with one attached hydrogen (secondary N) is 1. The van der Waals surface area contributed by atoms with E-state index in [2.05, 4.69) is 10.3 Å². The molecule has 5 nitrogen and oxygen atoms in total. The molecule has 1 N–H and O–H groups in total. The largest absolute Gasteiger partial charge is 0.463 e. The SMILES string of the molecule is CCOC(=O)/C=C/c1ccc(NC(=O)c2sc3nc(C(F)(F)F)ccc3c2C)cc1. The number of thiophene rings is 1. The summed E-state index contributed by atoms with van der Waals surface area (Å²) >= 11 is 0.915. The van der Waals surface area contributed by atoms with Gasteiger partial charge >= 0.3 is 12.1 Å². The highest BCUT2D eigenvalue weighted by Gasteiger charge is 2.33. The van der Waals surface area contributed by atoms with Crippen LogP contribution < -0.4 is 5.32 Å². The second kappa shape index (κ2) is 8.66. The number of anilines is 1. The van der Waals surface area contributed by atoms with Crippen molar-refractivity contribution >= 4 is 45.2 Å². The summed E-state index contributed by atoms with van der Waals surface area (Å²) in [5, 5.41) is 3.23. The van der Waals surface area contributed by atoms with Gasteiger partial charge in [-0.1, -0.05) is 12.1 Å². The van der Waals surface area contributed by atoms with E-state index in [-0.39, 0.29) is 4.83 Å². The highest BCUT2D eigenvalue weighted by atomic mass is 32.1. The number of aryl methyl sites for hydroxylation is 1. The Morgan fingerprint density at radius 1 is 1.17 bits per heavy atom. The molecule has 0 aliphatic carbocycles.